The minimum Gasteiger partial charge on any atom is -0.480 e. The van der Waals surface area contributed by atoms with Crippen molar-refractivity contribution >= 4 is 11.9 Å². The van der Waals surface area contributed by atoms with E-state index in [-0.39, 0.29) is 11.8 Å². The molecule has 0 rings (SSSR count). The van der Waals surface area contributed by atoms with Crippen molar-refractivity contribution in [1.29, 1.82) is 0 Å². The van der Waals surface area contributed by atoms with Gasteiger partial charge >= 0.3 is 5.97 Å². The summed E-state index contributed by atoms with van der Waals surface area (Å²) in [6, 6.07) is -1.22. The lowest BCUT2D eigenvalue weighted by Gasteiger charge is -2.20. The van der Waals surface area contributed by atoms with Crippen molar-refractivity contribution in [2.24, 2.45) is 5.92 Å². The summed E-state index contributed by atoms with van der Waals surface area (Å²) in [6.45, 7) is 5.07. The maximum absolute atomic E-state index is 11.5. The van der Waals surface area contributed by atoms with Gasteiger partial charge in [0.05, 0.1) is 6.10 Å². The van der Waals surface area contributed by atoms with Gasteiger partial charge < -0.3 is 15.5 Å². The van der Waals surface area contributed by atoms with Gasteiger partial charge in [0.25, 0.3) is 0 Å². The summed E-state index contributed by atoms with van der Waals surface area (Å²) in [6.07, 6.45) is 0.226. The lowest BCUT2D eigenvalue weighted by Crippen LogP contribution is -2.49. The van der Waals surface area contributed by atoms with Crippen LogP contribution < -0.4 is 5.32 Å². The van der Waals surface area contributed by atoms with E-state index < -0.39 is 18.1 Å². The van der Waals surface area contributed by atoms with Gasteiger partial charge in [-0.3, -0.25) is 4.79 Å². The van der Waals surface area contributed by atoms with Crippen LogP contribution in [0.25, 0.3) is 0 Å². The van der Waals surface area contributed by atoms with E-state index in [2.05, 4.69) is 5.32 Å². The van der Waals surface area contributed by atoms with E-state index in [1.165, 1.54) is 6.92 Å². The van der Waals surface area contributed by atoms with Crippen LogP contribution >= 0.6 is 0 Å². The molecule has 0 spiro atoms. The number of carbonyl (C=O) groups excluding carboxylic acids is 1. The van der Waals surface area contributed by atoms with Crippen molar-refractivity contribution in [1.82, 2.24) is 5.32 Å². The Balaban J connectivity index is 4.41. The number of amides is 1. The Kier molecular flexibility index (Phi) is 5.93. The Hall–Kier alpha value is -1.10. The zero-order chi connectivity index (χ0) is 12.0. The molecule has 5 nitrogen and oxygen atoms in total. The molecule has 0 bridgehead atoms. The number of carboxylic acids is 1. The lowest BCUT2D eigenvalue weighted by atomic mass is 10.0. The summed E-state index contributed by atoms with van der Waals surface area (Å²) in [4.78, 5) is 22.2. The number of hydrogen-bond donors (Lipinski definition) is 3. The van der Waals surface area contributed by atoms with Crippen molar-refractivity contribution in [3.8, 4) is 0 Å². The first-order chi connectivity index (χ1) is 6.93. The highest BCUT2D eigenvalue weighted by molar-refractivity contribution is 5.85. The van der Waals surface area contributed by atoms with Crippen LogP contribution in [0.2, 0.25) is 0 Å². The third-order valence-electron chi connectivity index (χ3n) is 2.40. The molecular weight excluding hydrogens is 198 g/mol. The first kappa shape index (κ1) is 13.9. The van der Waals surface area contributed by atoms with Crippen LogP contribution in [0, 0.1) is 5.92 Å². The highest BCUT2D eigenvalue weighted by Crippen LogP contribution is 2.08. The Bertz CT molecular complexity index is 223. The van der Waals surface area contributed by atoms with Crippen LogP contribution in [-0.4, -0.2) is 34.2 Å². The zero-order valence-electron chi connectivity index (χ0n) is 9.36. The second-order valence-corrected chi connectivity index (χ2v) is 3.58. The number of nitrogens with one attached hydrogen (secondary N) is 1. The fourth-order valence-electron chi connectivity index (χ4n) is 1.32. The van der Waals surface area contributed by atoms with Crippen LogP contribution in [0.4, 0.5) is 0 Å². The normalized spacial score (nSPS) is 14.7. The van der Waals surface area contributed by atoms with Gasteiger partial charge in [0.15, 0.2) is 6.04 Å². The van der Waals surface area contributed by atoms with Crippen molar-refractivity contribution in [3.63, 3.8) is 0 Å². The molecule has 0 fully saturated rings. The molecule has 0 aliphatic heterocycles. The highest BCUT2D eigenvalue weighted by atomic mass is 16.4. The Morgan fingerprint density at radius 3 is 2.00 bits per heavy atom. The molecule has 3 N–H and O–H groups in total. The van der Waals surface area contributed by atoms with Crippen LogP contribution in [0.5, 0.6) is 0 Å². The van der Waals surface area contributed by atoms with Gasteiger partial charge in [-0.15, -0.1) is 0 Å². The highest BCUT2D eigenvalue weighted by Gasteiger charge is 2.27. The van der Waals surface area contributed by atoms with Gasteiger partial charge in [0, 0.05) is 5.92 Å². The summed E-state index contributed by atoms with van der Waals surface area (Å²) < 4.78 is 0. The monoisotopic (exact) mass is 217 g/mol. The number of rotatable bonds is 6. The molecule has 0 aromatic carbocycles. The Labute approximate surface area is 89.5 Å². The first-order valence-electron chi connectivity index (χ1n) is 5.15. The summed E-state index contributed by atoms with van der Waals surface area (Å²) in [7, 11) is 0. The summed E-state index contributed by atoms with van der Waals surface area (Å²) in [5.74, 6) is -1.72. The number of aliphatic carboxylic acids is 1. The number of hydrogen-bond acceptors (Lipinski definition) is 3. The molecule has 0 aromatic rings. The average molecular weight is 217 g/mol. The van der Waals surface area contributed by atoms with Crippen molar-refractivity contribution in [3.05, 3.63) is 0 Å². The van der Waals surface area contributed by atoms with Crippen molar-refractivity contribution in [2.75, 3.05) is 0 Å². The number of carboxylic acid groups (broad SMARTS) is 1. The maximum Gasteiger partial charge on any atom is 0.328 e. The molecular formula is C10H19NO4. The molecule has 88 valence electrons. The fourth-order valence-corrected chi connectivity index (χ4v) is 1.32. The lowest BCUT2D eigenvalue weighted by molar-refractivity contribution is -0.145. The van der Waals surface area contributed by atoms with Gasteiger partial charge in [-0.1, -0.05) is 13.8 Å². The summed E-state index contributed by atoms with van der Waals surface area (Å²) in [5, 5.41) is 20.2. The van der Waals surface area contributed by atoms with E-state index in [4.69, 9.17) is 10.2 Å². The zero-order valence-corrected chi connectivity index (χ0v) is 9.36. The van der Waals surface area contributed by atoms with Crippen LogP contribution in [0.15, 0.2) is 0 Å². The van der Waals surface area contributed by atoms with Crippen LogP contribution in [0.3, 0.4) is 0 Å². The van der Waals surface area contributed by atoms with Gasteiger partial charge in [0.2, 0.25) is 5.91 Å². The van der Waals surface area contributed by atoms with E-state index in [1.54, 1.807) is 0 Å². The standard InChI is InChI=1S/C10H19NO4/c1-4-7(5-2)9(13)11-8(6(3)12)10(14)15/h6-8,12H,4-5H2,1-3H3,(H,11,13)(H,14,15). The first-order valence-corrected chi connectivity index (χ1v) is 5.15. The van der Waals surface area contributed by atoms with E-state index in [0.29, 0.717) is 12.8 Å². The average Bonchev–Trinajstić information content (AvgIpc) is 2.15. The fraction of sp³-hybridized carbons (Fsp3) is 0.800. The largest absolute Gasteiger partial charge is 0.480 e. The number of aliphatic hydroxyl groups excluding tert-OH is 1. The van der Waals surface area contributed by atoms with Gasteiger partial charge in [-0.2, -0.15) is 0 Å². The predicted molar refractivity (Wildman–Crippen MR) is 55.3 cm³/mol. The van der Waals surface area contributed by atoms with E-state index in [0.717, 1.165) is 0 Å². The van der Waals surface area contributed by atoms with Gasteiger partial charge in [-0.05, 0) is 19.8 Å². The molecule has 2 atom stereocenters. The van der Waals surface area contributed by atoms with Gasteiger partial charge in [-0.25, -0.2) is 4.79 Å². The molecule has 2 unspecified atom stereocenters. The Morgan fingerprint density at radius 2 is 1.73 bits per heavy atom. The Morgan fingerprint density at radius 1 is 1.27 bits per heavy atom. The van der Waals surface area contributed by atoms with Crippen molar-refractivity contribution < 1.29 is 19.8 Å². The molecule has 0 aromatic heterocycles. The molecule has 0 heterocycles. The summed E-state index contributed by atoms with van der Waals surface area (Å²) >= 11 is 0. The molecule has 5 heteroatoms. The molecule has 0 aliphatic rings. The maximum atomic E-state index is 11.5. The second-order valence-electron chi connectivity index (χ2n) is 3.58. The minimum absolute atomic E-state index is 0.189. The third-order valence-corrected chi connectivity index (χ3v) is 2.40. The topological polar surface area (TPSA) is 86.6 Å². The van der Waals surface area contributed by atoms with E-state index >= 15 is 0 Å². The van der Waals surface area contributed by atoms with Crippen LogP contribution in [-0.2, 0) is 9.59 Å². The minimum atomic E-state index is -1.22. The van der Waals surface area contributed by atoms with E-state index in [9.17, 15) is 9.59 Å². The molecule has 0 aliphatic carbocycles. The van der Waals surface area contributed by atoms with Gasteiger partial charge in [0.1, 0.15) is 0 Å². The number of carbonyl (C=O) groups is 2. The predicted octanol–water partition coefficient (Wildman–Crippen LogP) is 0.373. The number of aliphatic hydroxyl groups is 1. The molecule has 0 radical (unpaired) electrons. The second kappa shape index (κ2) is 6.40. The quantitative estimate of drug-likeness (QED) is 0.600. The molecule has 0 saturated heterocycles. The third kappa shape index (κ3) is 4.29. The van der Waals surface area contributed by atoms with E-state index in [1.807, 2.05) is 13.8 Å². The summed E-state index contributed by atoms with van der Waals surface area (Å²) in [5.41, 5.74) is 0. The van der Waals surface area contributed by atoms with Crippen molar-refractivity contribution in [2.45, 2.75) is 45.8 Å². The smallest absolute Gasteiger partial charge is 0.328 e. The molecule has 0 saturated carbocycles. The molecule has 1 amide bonds. The SMILES string of the molecule is CCC(CC)C(=O)NC(C(=O)O)C(C)O. The molecule has 15 heavy (non-hydrogen) atoms. The van der Waals surface area contributed by atoms with Crippen LogP contribution in [0.1, 0.15) is 33.6 Å².